The molecule has 1 aromatic heterocycles. The van der Waals surface area contributed by atoms with Crippen LogP contribution in [0.15, 0.2) is 47.5 Å². The van der Waals surface area contributed by atoms with Crippen molar-refractivity contribution in [3.05, 3.63) is 53.7 Å². The molecule has 26 heavy (non-hydrogen) atoms. The number of hydrazine groups is 1. The summed E-state index contributed by atoms with van der Waals surface area (Å²) in [6.07, 6.45) is 7.79. The van der Waals surface area contributed by atoms with Gasteiger partial charge in [0.2, 0.25) is 0 Å². The molecule has 1 aromatic carbocycles. The lowest BCUT2D eigenvalue weighted by Gasteiger charge is -2.42. The van der Waals surface area contributed by atoms with Crippen LogP contribution in [0.5, 0.6) is 0 Å². The zero-order valence-electron chi connectivity index (χ0n) is 14.2. The van der Waals surface area contributed by atoms with E-state index >= 15 is 0 Å². The summed E-state index contributed by atoms with van der Waals surface area (Å²) in [6, 6.07) is 8.32. The number of halogens is 1. The van der Waals surface area contributed by atoms with Crippen molar-refractivity contribution < 1.29 is 0 Å². The number of para-hydroxylation sites is 1. The highest BCUT2D eigenvalue weighted by Crippen LogP contribution is 2.49. The highest BCUT2D eigenvalue weighted by atomic mass is 35.5. The molecule has 132 valence electrons. The largest absolute Gasteiger partial charge is 0.305 e. The average molecular weight is 369 g/mol. The van der Waals surface area contributed by atoms with Gasteiger partial charge < -0.3 is 4.90 Å². The fourth-order valence-corrected chi connectivity index (χ4v) is 4.13. The summed E-state index contributed by atoms with van der Waals surface area (Å²) in [6.45, 7) is 2.84. The quantitative estimate of drug-likeness (QED) is 0.758. The molecule has 1 fully saturated rings. The van der Waals surface area contributed by atoms with Gasteiger partial charge in [0.15, 0.2) is 12.0 Å². The van der Waals surface area contributed by atoms with Crippen LogP contribution in [0.3, 0.4) is 0 Å². The van der Waals surface area contributed by atoms with E-state index in [2.05, 4.69) is 39.3 Å². The molecule has 6 rings (SSSR count). The summed E-state index contributed by atoms with van der Waals surface area (Å²) in [5.74, 6) is 0.976. The van der Waals surface area contributed by atoms with Gasteiger partial charge in [0.1, 0.15) is 13.0 Å². The number of fused-ring (bicyclic) bond motifs is 6. The van der Waals surface area contributed by atoms with Crippen molar-refractivity contribution in [1.29, 1.82) is 0 Å². The second-order valence-electron chi connectivity index (χ2n) is 7.39. The minimum atomic E-state index is -0.138. The van der Waals surface area contributed by atoms with Gasteiger partial charge in [-0.25, -0.2) is 10.0 Å². The summed E-state index contributed by atoms with van der Waals surface area (Å²) >= 11 is 6.32. The number of benzene rings is 1. The number of nitrogens with zero attached hydrogens (tertiary/aromatic N) is 8. The minimum Gasteiger partial charge on any atom is -0.305 e. The lowest BCUT2D eigenvalue weighted by molar-refractivity contribution is 0.221. The third-order valence-electron chi connectivity index (χ3n) is 5.66. The average Bonchev–Trinajstić information content (AvgIpc) is 3.05. The van der Waals surface area contributed by atoms with E-state index in [4.69, 9.17) is 16.8 Å². The van der Waals surface area contributed by atoms with Crippen LogP contribution >= 0.6 is 11.8 Å². The first-order chi connectivity index (χ1) is 12.7. The Hall–Kier alpha value is -2.74. The smallest absolute Gasteiger partial charge is 0.173 e. The Morgan fingerprint density at radius 3 is 2.92 bits per heavy atom. The third-order valence-corrected chi connectivity index (χ3v) is 5.86. The molecule has 0 spiro atoms. The van der Waals surface area contributed by atoms with Gasteiger partial charge in [-0.1, -0.05) is 25.1 Å². The molecular formula is C17H17ClN8. The molecule has 8 nitrogen and oxygen atoms in total. The van der Waals surface area contributed by atoms with Gasteiger partial charge in [-0.15, -0.1) is 9.89 Å². The summed E-state index contributed by atoms with van der Waals surface area (Å²) in [4.78, 5) is 8.83. The van der Waals surface area contributed by atoms with E-state index in [1.807, 2.05) is 40.8 Å². The lowest BCUT2D eigenvalue weighted by Crippen LogP contribution is -2.52. The van der Waals surface area contributed by atoms with Crippen molar-refractivity contribution in [1.82, 2.24) is 24.5 Å². The monoisotopic (exact) mass is 368 g/mol. The van der Waals surface area contributed by atoms with Gasteiger partial charge in [0.25, 0.3) is 0 Å². The molecule has 4 aliphatic rings. The number of anilines is 1. The Labute approximate surface area is 155 Å². The number of hydrogen-bond acceptors (Lipinski definition) is 7. The van der Waals surface area contributed by atoms with Gasteiger partial charge in [0, 0.05) is 22.8 Å². The second-order valence-corrected chi connectivity index (χ2v) is 7.82. The second kappa shape index (κ2) is 4.70. The Bertz CT molecular complexity index is 961. The highest BCUT2D eigenvalue weighted by Gasteiger charge is 2.47. The maximum Gasteiger partial charge on any atom is 0.173 e. The normalized spacial score (nSPS) is 24.5. The van der Waals surface area contributed by atoms with Gasteiger partial charge in [-0.3, -0.25) is 4.42 Å². The predicted molar refractivity (Wildman–Crippen MR) is 97.5 cm³/mol. The first-order valence-corrected chi connectivity index (χ1v) is 9.03. The minimum absolute atomic E-state index is 0.138. The van der Waals surface area contributed by atoms with Crippen molar-refractivity contribution in [2.45, 2.75) is 31.3 Å². The summed E-state index contributed by atoms with van der Waals surface area (Å²) in [5.41, 5.74) is 3.53. The van der Waals surface area contributed by atoms with Gasteiger partial charge in [0.05, 0.1) is 23.8 Å². The fourth-order valence-electron chi connectivity index (χ4n) is 3.94. The molecule has 9 heteroatoms. The molecule has 2 aromatic rings. The number of aliphatic imine (C=N–C) groups is 1. The molecular weight excluding hydrogens is 352 g/mol. The fraction of sp³-hybridized carbons (Fsp3) is 0.353. The number of hydrogen-bond donors (Lipinski definition) is 0. The van der Waals surface area contributed by atoms with E-state index < -0.39 is 0 Å². The standard InChI is InChI=1S/C17H17ClN8/c1-17(6-7-17)14-8-20-21-26(14)24-10-19-16-12-4-2-3-5-13(12)23-11-22(18)9-15(23)25(16)24/h2-5,8-10,16H,6-7,11H2,1H3. The highest BCUT2D eigenvalue weighted by molar-refractivity contribution is 6.14. The molecule has 1 atom stereocenters. The summed E-state index contributed by atoms with van der Waals surface area (Å²) in [5, 5.41) is 12.6. The van der Waals surface area contributed by atoms with Crippen LogP contribution in [0.4, 0.5) is 5.69 Å². The van der Waals surface area contributed by atoms with Crippen molar-refractivity contribution >= 4 is 23.8 Å². The van der Waals surface area contributed by atoms with E-state index in [1.54, 1.807) is 4.42 Å². The van der Waals surface area contributed by atoms with E-state index in [1.165, 1.54) is 0 Å². The van der Waals surface area contributed by atoms with Crippen molar-refractivity contribution in [2.75, 3.05) is 16.7 Å². The maximum atomic E-state index is 6.32. The molecule has 0 N–H and O–H groups in total. The van der Waals surface area contributed by atoms with Crippen LogP contribution in [0.25, 0.3) is 0 Å². The molecule has 0 saturated heterocycles. The molecule has 3 aliphatic heterocycles. The zero-order chi connectivity index (χ0) is 17.5. The Morgan fingerprint density at radius 2 is 2.08 bits per heavy atom. The first kappa shape index (κ1) is 14.4. The van der Waals surface area contributed by atoms with Crippen LogP contribution in [-0.2, 0) is 5.41 Å². The Balaban J connectivity index is 1.49. The van der Waals surface area contributed by atoms with Crippen LogP contribution in [0, 0.1) is 0 Å². The topological polar surface area (TPSA) is 56.0 Å². The molecule has 1 aliphatic carbocycles. The molecule has 1 unspecified atom stereocenters. The first-order valence-electron chi connectivity index (χ1n) is 8.70. The third kappa shape index (κ3) is 1.77. The Morgan fingerprint density at radius 1 is 1.23 bits per heavy atom. The summed E-state index contributed by atoms with van der Waals surface area (Å²) in [7, 11) is 0. The molecule has 0 radical (unpaired) electrons. The van der Waals surface area contributed by atoms with Crippen LogP contribution in [-0.4, -0.2) is 37.5 Å². The van der Waals surface area contributed by atoms with E-state index in [-0.39, 0.29) is 11.6 Å². The van der Waals surface area contributed by atoms with Gasteiger partial charge >= 0.3 is 0 Å². The van der Waals surface area contributed by atoms with Crippen molar-refractivity contribution in [3.8, 4) is 0 Å². The molecule has 1 saturated carbocycles. The van der Waals surface area contributed by atoms with Crippen molar-refractivity contribution in [3.63, 3.8) is 0 Å². The van der Waals surface area contributed by atoms with E-state index in [9.17, 15) is 0 Å². The Kier molecular flexibility index (Phi) is 2.61. The van der Waals surface area contributed by atoms with Crippen LogP contribution in [0.2, 0.25) is 0 Å². The van der Waals surface area contributed by atoms with Gasteiger partial charge in [-0.2, -0.15) is 5.12 Å². The lowest BCUT2D eigenvalue weighted by atomic mass is 10.1. The SMILES string of the molecule is CC1(c2cnnn2N2C=NC3c4ccccc4N4CN(Cl)C=C4N32)CC1. The molecule has 0 amide bonds. The van der Waals surface area contributed by atoms with E-state index in [0.29, 0.717) is 6.67 Å². The van der Waals surface area contributed by atoms with Crippen molar-refractivity contribution in [2.24, 2.45) is 4.99 Å². The summed E-state index contributed by atoms with van der Waals surface area (Å²) < 4.78 is 1.66. The van der Waals surface area contributed by atoms with Crippen LogP contribution < -0.4 is 10.0 Å². The zero-order valence-corrected chi connectivity index (χ0v) is 15.0. The molecule has 0 bridgehead atoms. The number of rotatable bonds is 2. The van der Waals surface area contributed by atoms with E-state index in [0.717, 1.165) is 35.6 Å². The molecule has 4 heterocycles. The number of aromatic nitrogens is 3. The predicted octanol–water partition coefficient (Wildman–Crippen LogP) is 2.27. The van der Waals surface area contributed by atoms with Crippen LogP contribution in [0.1, 0.15) is 37.2 Å². The maximum absolute atomic E-state index is 6.32. The van der Waals surface area contributed by atoms with Gasteiger partial charge in [-0.05, 0) is 24.1 Å².